The Labute approximate surface area is 137 Å². The van der Waals surface area contributed by atoms with E-state index in [1.165, 1.54) is 42.5 Å². The van der Waals surface area contributed by atoms with E-state index in [0.29, 0.717) is 11.3 Å². The molecule has 0 aromatic heterocycles. The second-order valence-corrected chi connectivity index (χ2v) is 4.90. The van der Waals surface area contributed by atoms with Crippen molar-refractivity contribution in [3.63, 3.8) is 0 Å². The minimum Gasteiger partial charge on any atom is -0.487 e. The molecule has 2 rings (SSSR count). The number of nitro benzene ring substituents is 1. The highest BCUT2D eigenvalue weighted by Gasteiger charge is 2.20. The standard InChI is InChI=1S/C16H16FN3O4/c1-2-24-14-9-12(7-8-13(14)20(22)23)19-15(16(18)21)10-3-5-11(17)6-4-10/h3-9,15,19H,2H2,1H3,(H2,18,21). The van der Waals surface area contributed by atoms with E-state index in [2.05, 4.69) is 5.32 Å². The van der Waals surface area contributed by atoms with Gasteiger partial charge in [0.1, 0.15) is 11.9 Å². The van der Waals surface area contributed by atoms with Crippen molar-refractivity contribution in [2.75, 3.05) is 11.9 Å². The minimum absolute atomic E-state index is 0.0785. The number of nitrogens with two attached hydrogens (primary N) is 1. The Kier molecular flexibility index (Phi) is 5.31. The highest BCUT2D eigenvalue weighted by molar-refractivity contribution is 5.84. The van der Waals surface area contributed by atoms with Gasteiger partial charge in [-0.2, -0.15) is 0 Å². The molecule has 24 heavy (non-hydrogen) atoms. The number of carbonyl (C=O) groups excluding carboxylic acids is 1. The van der Waals surface area contributed by atoms with E-state index in [-0.39, 0.29) is 18.0 Å². The number of amides is 1. The zero-order valence-electron chi connectivity index (χ0n) is 12.9. The second kappa shape index (κ2) is 7.40. The number of halogens is 1. The van der Waals surface area contributed by atoms with Crippen LogP contribution >= 0.6 is 0 Å². The Hall–Kier alpha value is -3.16. The molecule has 1 amide bonds. The third kappa shape index (κ3) is 3.97. The Morgan fingerprint density at radius 2 is 2.00 bits per heavy atom. The summed E-state index contributed by atoms with van der Waals surface area (Å²) in [4.78, 5) is 22.1. The van der Waals surface area contributed by atoms with Crippen molar-refractivity contribution in [2.24, 2.45) is 5.73 Å². The maximum absolute atomic E-state index is 13.0. The zero-order valence-corrected chi connectivity index (χ0v) is 12.9. The summed E-state index contributed by atoms with van der Waals surface area (Å²) in [6.07, 6.45) is 0. The summed E-state index contributed by atoms with van der Waals surface area (Å²) in [7, 11) is 0. The van der Waals surface area contributed by atoms with Crippen molar-refractivity contribution in [3.05, 3.63) is 64.0 Å². The van der Waals surface area contributed by atoms with Crippen LogP contribution in [0.5, 0.6) is 5.75 Å². The summed E-state index contributed by atoms with van der Waals surface area (Å²) in [5, 5.41) is 13.9. The van der Waals surface area contributed by atoms with Gasteiger partial charge in [0.15, 0.2) is 5.75 Å². The van der Waals surface area contributed by atoms with Crippen LogP contribution in [0.15, 0.2) is 42.5 Å². The Morgan fingerprint density at radius 1 is 1.33 bits per heavy atom. The summed E-state index contributed by atoms with van der Waals surface area (Å²) in [6.45, 7) is 1.95. The lowest BCUT2D eigenvalue weighted by Gasteiger charge is -2.18. The van der Waals surface area contributed by atoms with E-state index >= 15 is 0 Å². The normalized spacial score (nSPS) is 11.6. The van der Waals surface area contributed by atoms with Crippen molar-refractivity contribution in [1.29, 1.82) is 0 Å². The van der Waals surface area contributed by atoms with Crippen LogP contribution in [0, 0.1) is 15.9 Å². The molecule has 0 aliphatic carbocycles. The number of carbonyl (C=O) groups is 1. The first-order valence-electron chi connectivity index (χ1n) is 7.15. The van der Waals surface area contributed by atoms with E-state index in [9.17, 15) is 19.3 Å². The highest BCUT2D eigenvalue weighted by Crippen LogP contribution is 2.31. The van der Waals surface area contributed by atoms with E-state index in [0.717, 1.165) is 0 Å². The van der Waals surface area contributed by atoms with Gasteiger partial charge >= 0.3 is 5.69 Å². The molecule has 0 radical (unpaired) electrons. The molecule has 0 aliphatic rings. The molecule has 0 spiro atoms. The lowest BCUT2D eigenvalue weighted by molar-refractivity contribution is -0.385. The van der Waals surface area contributed by atoms with Crippen LogP contribution in [-0.4, -0.2) is 17.4 Å². The van der Waals surface area contributed by atoms with Crippen LogP contribution in [0.4, 0.5) is 15.8 Å². The Bertz CT molecular complexity index is 749. The molecular weight excluding hydrogens is 317 g/mol. The summed E-state index contributed by atoms with van der Waals surface area (Å²) >= 11 is 0. The monoisotopic (exact) mass is 333 g/mol. The second-order valence-electron chi connectivity index (χ2n) is 4.90. The third-order valence-corrected chi connectivity index (χ3v) is 3.26. The average molecular weight is 333 g/mol. The summed E-state index contributed by atoms with van der Waals surface area (Å²) < 4.78 is 18.3. The van der Waals surface area contributed by atoms with Gasteiger partial charge in [0.25, 0.3) is 0 Å². The third-order valence-electron chi connectivity index (χ3n) is 3.26. The van der Waals surface area contributed by atoms with Gasteiger partial charge in [0.05, 0.1) is 11.5 Å². The first kappa shape index (κ1) is 17.2. The smallest absolute Gasteiger partial charge is 0.311 e. The minimum atomic E-state index is -0.915. The SMILES string of the molecule is CCOc1cc(NC(C(N)=O)c2ccc(F)cc2)ccc1[N+](=O)[O-]. The molecule has 2 aromatic carbocycles. The van der Waals surface area contributed by atoms with E-state index in [1.807, 2.05) is 0 Å². The molecular formula is C16H16FN3O4. The molecule has 0 fully saturated rings. The average Bonchev–Trinajstić information content (AvgIpc) is 2.53. The summed E-state index contributed by atoms with van der Waals surface area (Å²) in [5.41, 5.74) is 6.10. The largest absolute Gasteiger partial charge is 0.487 e. The van der Waals surface area contributed by atoms with Crippen LogP contribution in [-0.2, 0) is 4.79 Å². The van der Waals surface area contributed by atoms with Gasteiger partial charge in [0, 0.05) is 17.8 Å². The number of nitro groups is 1. The predicted molar refractivity (Wildman–Crippen MR) is 86.2 cm³/mol. The molecule has 3 N–H and O–H groups in total. The van der Waals surface area contributed by atoms with Crippen LogP contribution in [0.25, 0.3) is 0 Å². The highest BCUT2D eigenvalue weighted by atomic mass is 19.1. The van der Waals surface area contributed by atoms with Crippen molar-refractivity contribution in [3.8, 4) is 5.75 Å². The van der Waals surface area contributed by atoms with Gasteiger partial charge < -0.3 is 15.8 Å². The number of anilines is 1. The Balaban J connectivity index is 2.32. The van der Waals surface area contributed by atoms with E-state index in [4.69, 9.17) is 10.5 Å². The lowest BCUT2D eigenvalue weighted by atomic mass is 10.1. The van der Waals surface area contributed by atoms with E-state index < -0.39 is 22.7 Å². The molecule has 0 aliphatic heterocycles. The number of nitrogens with one attached hydrogen (secondary N) is 1. The summed E-state index contributed by atoms with van der Waals surface area (Å²) in [6, 6.07) is 8.53. The lowest BCUT2D eigenvalue weighted by Crippen LogP contribution is -2.27. The van der Waals surface area contributed by atoms with Gasteiger partial charge in [-0.3, -0.25) is 14.9 Å². The summed E-state index contributed by atoms with van der Waals surface area (Å²) in [5.74, 6) is -1.02. The zero-order chi connectivity index (χ0) is 17.7. The molecule has 0 saturated carbocycles. The van der Waals surface area contributed by atoms with Gasteiger partial charge in [0.2, 0.25) is 5.91 Å². The fourth-order valence-corrected chi connectivity index (χ4v) is 2.17. The first-order valence-corrected chi connectivity index (χ1v) is 7.15. The Morgan fingerprint density at radius 3 is 2.54 bits per heavy atom. The maximum Gasteiger partial charge on any atom is 0.311 e. The van der Waals surface area contributed by atoms with Gasteiger partial charge in [-0.15, -0.1) is 0 Å². The predicted octanol–water partition coefficient (Wildman–Crippen LogP) is 2.77. The fourth-order valence-electron chi connectivity index (χ4n) is 2.17. The van der Waals surface area contributed by atoms with Crippen molar-refractivity contribution >= 4 is 17.3 Å². The number of nitrogens with zero attached hydrogens (tertiary/aromatic N) is 1. The molecule has 1 unspecified atom stereocenters. The van der Waals surface area contributed by atoms with Crippen LogP contribution in [0.3, 0.4) is 0 Å². The molecule has 0 bridgehead atoms. The fraction of sp³-hybridized carbons (Fsp3) is 0.188. The first-order chi connectivity index (χ1) is 11.4. The molecule has 1 atom stereocenters. The number of hydrogen-bond acceptors (Lipinski definition) is 5. The number of rotatable bonds is 7. The molecule has 126 valence electrons. The molecule has 8 heteroatoms. The van der Waals surface area contributed by atoms with Crippen LogP contribution in [0.1, 0.15) is 18.5 Å². The number of ether oxygens (including phenoxy) is 1. The van der Waals surface area contributed by atoms with Crippen molar-refractivity contribution < 1.29 is 18.8 Å². The molecule has 2 aromatic rings. The maximum atomic E-state index is 13.0. The number of primary amides is 1. The van der Waals surface area contributed by atoms with E-state index in [1.54, 1.807) is 6.92 Å². The van der Waals surface area contributed by atoms with Gasteiger partial charge in [-0.25, -0.2) is 4.39 Å². The number of benzene rings is 2. The molecule has 0 saturated heterocycles. The van der Waals surface area contributed by atoms with Crippen molar-refractivity contribution in [1.82, 2.24) is 0 Å². The quantitative estimate of drug-likeness (QED) is 0.598. The van der Waals surface area contributed by atoms with Crippen LogP contribution < -0.4 is 15.8 Å². The van der Waals surface area contributed by atoms with Gasteiger partial charge in [-0.1, -0.05) is 12.1 Å². The van der Waals surface area contributed by atoms with Crippen molar-refractivity contribution in [2.45, 2.75) is 13.0 Å². The van der Waals surface area contributed by atoms with Gasteiger partial charge in [-0.05, 0) is 30.7 Å². The molecule has 0 heterocycles. The molecule has 7 nitrogen and oxygen atoms in total. The van der Waals surface area contributed by atoms with Crippen LogP contribution in [0.2, 0.25) is 0 Å². The topological polar surface area (TPSA) is 107 Å². The number of hydrogen-bond donors (Lipinski definition) is 2.